The molecule has 5 nitrogen and oxygen atoms in total. The largest absolute Gasteiger partial charge is 0.462 e. The van der Waals surface area contributed by atoms with Crippen LogP contribution in [0.2, 0.25) is 0 Å². The Morgan fingerprint density at radius 2 is 0.900 bits per heavy atom. The molecular formula is C45H70O5. The maximum absolute atomic E-state index is 12.2. The van der Waals surface area contributed by atoms with Crippen molar-refractivity contribution in [3.63, 3.8) is 0 Å². The molecule has 0 saturated heterocycles. The lowest BCUT2D eigenvalue weighted by atomic mass is 10.1. The Kier molecular flexibility index (Phi) is 37.2. The Bertz CT molecular complexity index is 1050. The molecule has 280 valence electrons. The number of hydrogen-bond donors (Lipinski definition) is 1. The summed E-state index contributed by atoms with van der Waals surface area (Å²) in [5.74, 6) is -0.727. The van der Waals surface area contributed by atoms with Gasteiger partial charge in [0.05, 0.1) is 6.61 Å². The molecule has 0 aromatic rings. The van der Waals surface area contributed by atoms with E-state index in [1.165, 1.54) is 25.7 Å². The van der Waals surface area contributed by atoms with Gasteiger partial charge in [-0.05, 0) is 89.9 Å². The zero-order chi connectivity index (χ0) is 36.4. The van der Waals surface area contributed by atoms with Gasteiger partial charge in [-0.3, -0.25) is 9.59 Å². The van der Waals surface area contributed by atoms with E-state index in [0.29, 0.717) is 12.8 Å². The van der Waals surface area contributed by atoms with E-state index >= 15 is 0 Å². The molecule has 1 N–H and O–H groups in total. The number of hydrogen-bond acceptors (Lipinski definition) is 5. The van der Waals surface area contributed by atoms with Gasteiger partial charge in [0.25, 0.3) is 0 Å². The number of rotatable bonds is 33. The van der Waals surface area contributed by atoms with Gasteiger partial charge in [-0.25, -0.2) is 0 Å². The third-order valence-electron chi connectivity index (χ3n) is 7.56. The van der Waals surface area contributed by atoms with Gasteiger partial charge in [0.1, 0.15) is 6.61 Å². The number of esters is 2. The first kappa shape index (κ1) is 46.6. The smallest absolute Gasteiger partial charge is 0.306 e. The van der Waals surface area contributed by atoms with Crippen molar-refractivity contribution >= 4 is 11.9 Å². The van der Waals surface area contributed by atoms with Gasteiger partial charge in [0, 0.05) is 12.8 Å². The lowest BCUT2D eigenvalue weighted by Gasteiger charge is -2.15. The third kappa shape index (κ3) is 37.4. The fourth-order valence-corrected chi connectivity index (χ4v) is 4.64. The average molecular weight is 691 g/mol. The summed E-state index contributed by atoms with van der Waals surface area (Å²) in [6, 6.07) is 0. The molecule has 0 aromatic carbocycles. The highest BCUT2D eigenvalue weighted by molar-refractivity contribution is 5.70. The highest BCUT2D eigenvalue weighted by Gasteiger charge is 2.15. The average Bonchev–Trinajstić information content (AvgIpc) is 3.12. The number of aliphatic hydroxyl groups is 1. The van der Waals surface area contributed by atoms with E-state index in [9.17, 15) is 14.7 Å². The summed E-state index contributed by atoms with van der Waals surface area (Å²) in [6.07, 6.45) is 57.2. The van der Waals surface area contributed by atoms with Crippen molar-refractivity contribution in [1.82, 2.24) is 0 Å². The SMILES string of the molecule is CC/C=C\C/C=C\C/C=C\C/C=C\C/C=C\C/C=C\CCC(=O)OC[C@H](CO)OC(=O)CCCCCC/C=C\C/C=C\C/C=C\CCCCC. The first-order chi connectivity index (χ1) is 24.6. The summed E-state index contributed by atoms with van der Waals surface area (Å²) in [5.41, 5.74) is 0. The van der Waals surface area contributed by atoms with Crippen molar-refractivity contribution in [3.05, 3.63) is 109 Å². The number of ether oxygens (including phenoxy) is 2. The lowest BCUT2D eigenvalue weighted by Crippen LogP contribution is -2.28. The highest BCUT2D eigenvalue weighted by atomic mass is 16.6. The molecule has 0 saturated carbocycles. The van der Waals surface area contributed by atoms with Crippen LogP contribution < -0.4 is 0 Å². The molecule has 0 radical (unpaired) electrons. The zero-order valence-electron chi connectivity index (χ0n) is 31.6. The summed E-state index contributed by atoms with van der Waals surface area (Å²) in [4.78, 5) is 24.2. The summed E-state index contributed by atoms with van der Waals surface area (Å²) in [7, 11) is 0. The molecule has 5 heteroatoms. The summed E-state index contributed by atoms with van der Waals surface area (Å²) >= 11 is 0. The van der Waals surface area contributed by atoms with Crippen molar-refractivity contribution in [1.29, 1.82) is 0 Å². The van der Waals surface area contributed by atoms with E-state index in [1.807, 2.05) is 12.2 Å². The van der Waals surface area contributed by atoms with Crippen LogP contribution in [0.5, 0.6) is 0 Å². The minimum absolute atomic E-state index is 0.123. The Morgan fingerprint density at radius 1 is 0.480 bits per heavy atom. The van der Waals surface area contributed by atoms with Crippen LogP contribution in [0, 0.1) is 0 Å². The number of allylic oxidation sites excluding steroid dienone is 18. The van der Waals surface area contributed by atoms with Crippen molar-refractivity contribution in [2.75, 3.05) is 13.2 Å². The molecular weight excluding hydrogens is 620 g/mol. The Morgan fingerprint density at radius 3 is 1.36 bits per heavy atom. The molecule has 0 aliphatic rings. The van der Waals surface area contributed by atoms with Gasteiger partial charge >= 0.3 is 11.9 Å². The fourth-order valence-electron chi connectivity index (χ4n) is 4.64. The molecule has 0 spiro atoms. The molecule has 0 bridgehead atoms. The third-order valence-corrected chi connectivity index (χ3v) is 7.56. The second-order valence-electron chi connectivity index (χ2n) is 12.3. The van der Waals surface area contributed by atoms with E-state index in [0.717, 1.165) is 83.5 Å². The van der Waals surface area contributed by atoms with Crippen molar-refractivity contribution < 1.29 is 24.2 Å². The van der Waals surface area contributed by atoms with Crippen LogP contribution in [0.25, 0.3) is 0 Å². The molecule has 0 heterocycles. The second kappa shape index (κ2) is 40.0. The van der Waals surface area contributed by atoms with Crippen molar-refractivity contribution in [2.24, 2.45) is 0 Å². The molecule has 0 unspecified atom stereocenters. The molecule has 0 aliphatic carbocycles. The lowest BCUT2D eigenvalue weighted by molar-refractivity contribution is -0.161. The first-order valence-electron chi connectivity index (χ1n) is 19.4. The maximum atomic E-state index is 12.2. The predicted octanol–water partition coefficient (Wildman–Crippen LogP) is 12.3. The van der Waals surface area contributed by atoms with Crippen LogP contribution in [0.3, 0.4) is 0 Å². The van der Waals surface area contributed by atoms with Crippen molar-refractivity contribution in [3.8, 4) is 0 Å². The highest BCUT2D eigenvalue weighted by Crippen LogP contribution is 2.09. The van der Waals surface area contributed by atoms with E-state index in [2.05, 4.69) is 111 Å². The van der Waals surface area contributed by atoms with E-state index < -0.39 is 6.10 Å². The molecule has 0 amide bonds. The summed E-state index contributed by atoms with van der Waals surface area (Å²) < 4.78 is 10.5. The van der Waals surface area contributed by atoms with Crippen molar-refractivity contribution in [2.45, 2.75) is 148 Å². The van der Waals surface area contributed by atoms with Crippen LogP contribution in [-0.4, -0.2) is 36.4 Å². The summed E-state index contributed by atoms with van der Waals surface area (Å²) in [5, 5.41) is 9.54. The monoisotopic (exact) mass is 691 g/mol. The minimum atomic E-state index is -0.821. The van der Waals surface area contributed by atoms with Gasteiger partial charge in [0.2, 0.25) is 0 Å². The zero-order valence-corrected chi connectivity index (χ0v) is 31.6. The van der Waals surface area contributed by atoms with Gasteiger partial charge in [0.15, 0.2) is 6.10 Å². The molecule has 0 aromatic heterocycles. The molecule has 0 rings (SSSR count). The number of carbonyl (C=O) groups excluding carboxylic acids is 2. The Balaban J connectivity index is 3.78. The molecule has 0 fully saturated rings. The quantitative estimate of drug-likeness (QED) is 0.0421. The van der Waals surface area contributed by atoms with E-state index in [-0.39, 0.29) is 31.6 Å². The predicted molar refractivity (Wildman–Crippen MR) is 214 cm³/mol. The van der Waals surface area contributed by atoms with Gasteiger partial charge in [-0.1, -0.05) is 149 Å². The molecule has 1 atom stereocenters. The van der Waals surface area contributed by atoms with Gasteiger partial charge in [-0.2, -0.15) is 0 Å². The number of carbonyl (C=O) groups is 2. The van der Waals surface area contributed by atoms with Gasteiger partial charge < -0.3 is 14.6 Å². The van der Waals surface area contributed by atoms with Crippen LogP contribution in [0.1, 0.15) is 142 Å². The standard InChI is InChI=1S/C45H70O5/c1-3-5-7-9-11-13-15-17-19-21-22-24-25-27-29-31-33-35-37-39-44(47)49-42-43(41-46)50-45(48)40-38-36-34-32-30-28-26-23-20-18-16-14-12-10-8-6-4-2/h5,7,11-14,17-20,22,24,26-29,33,35,43,46H,3-4,6,8-10,15-16,21,23,25,30-32,34,36-42H2,1-2H3/b7-5-,13-11-,14-12-,19-17-,20-18-,24-22-,28-26-,29-27-,35-33-/t43-/m0/s1. The van der Waals surface area contributed by atoms with Crippen LogP contribution in [0.4, 0.5) is 0 Å². The number of aliphatic hydroxyl groups excluding tert-OH is 1. The minimum Gasteiger partial charge on any atom is -0.462 e. The second-order valence-corrected chi connectivity index (χ2v) is 12.3. The normalized spacial score (nSPS) is 13.4. The van der Waals surface area contributed by atoms with Gasteiger partial charge in [-0.15, -0.1) is 0 Å². The fraction of sp³-hybridized carbons (Fsp3) is 0.556. The van der Waals surface area contributed by atoms with E-state index in [1.54, 1.807) is 0 Å². The molecule has 0 aliphatic heterocycles. The Hall–Kier alpha value is -3.44. The van der Waals surface area contributed by atoms with E-state index in [4.69, 9.17) is 9.47 Å². The molecule has 50 heavy (non-hydrogen) atoms. The summed E-state index contributed by atoms with van der Waals surface area (Å²) in [6.45, 7) is 3.88. The van der Waals surface area contributed by atoms with Crippen LogP contribution in [0.15, 0.2) is 109 Å². The topological polar surface area (TPSA) is 72.8 Å². The van der Waals surface area contributed by atoms with Crippen LogP contribution in [-0.2, 0) is 19.1 Å². The van der Waals surface area contributed by atoms with Crippen LogP contribution >= 0.6 is 0 Å². The maximum Gasteiger partial charge on any atom is 0.306 e. The Labute approximate surface area is 306 Å². The first-order valence-corrected chi connectivity index (χ1v) is 19.4. The number of unbranched alkanes of at least 4 members (excludes halogenated alkanes) is 7.